The van der Waals surface area contributed by atoms with Crippen LogP contribution in [0.25, 0.3) is 0 Å². The molecule has 4 aromatic carbocycles. The van der Waals surface area contributed by atoms with Crippen LogP contribution in [-0.4, -0.2) is 44.8 Å². The number of carbonyl (C=O) groups is 2. The van der Waals surface area contributed by atoms with E-state index in [1.54, 1.807) is 12.1 Å². The number of carbonyl (C=O) groups excluding carboxylic acids is 2. The molecule has 0 saturated heterocycles. The summed E-state index contributed by atoms with van der Waals surface area (Å²) in [6.45, 7) is 3.39. The van der Waals surface area contributed by atoms with Crippen LogP contribution in [0.5, 0.6) is 0 Å². The number of hydrogen-bond acceptors (Lipinski definition) is 4. The molecule has 0 saturated carbocycles. The van der Waals surface area contributed by atoms with E-state index in [1.807, 2.05) is 74.5 Å². The topological polar surface area (TPSA) is 86.8 Å². The number of aryl methyl sites for hydroxylation is 2. The minimum absolute atomic E-state index is 0.00507. The van der Waals surface area contributed by atoms with Gasteiger partial charge < -0.3 is 10.2 Å². The smallest absolute Gasteiger partial charge is 0.264 e. The molecule has 224 valence electrons. The Morgan fingerprint density at radius 2 is 1.51 bits per heavy atom. The first kappa shape index (κ1) is 32.3. The second-order valence-corrected chi connectivity index (χ2v) is 13.4. The van der Waals surface area contributed by atoms with Crippen molar-refractivity contribution in [2.75, 3.05) is 17.9 Å². The highest BCUT2D eigenvalue weighted by atomic mass is 79.9. The molecule has 0 fully saturated rings. The average molecular weight is 683 g/mol. The first-order chi connectivity index (χ1) is 20.5. The fourth-order valence-corrected chi connectivity index (χ4v) is 6.45. The SMILES string of the molecule is CNC(=O)C(Cc1ccccc1)N(Cc1ccc(Br)cc1)C(=O)CN(c1ccc(C)c(C)c1)S(=O)(=O)c1ccc(Cl)cc1. The summed E-state index contributed by atoms with van der Waals surface area (Å²) < 4.78 is 30.1. The zero-order valence-corrected chi connectivity index (χ0v) is 27.3. The summed E-state index contributed by atoms with van der Waals surface area (Å²) in [5.41, 5.74) is 3.86. The number of nitrogens with one attached hydrogen (secondary N) is 1. The molecule has 1 N–H and O–H groups in total. The first-order valence-electron chi connectivity index (χ1n) is 13.6. The number of amides is 2. The van der Waals surface area contributed by atoms with E-state index in [0.29, 0.717) is 10.7 Å². The van der Waals surface area contributed by atoms with Gasteiger partial charge in [0.15, 0.2) is 0 Å². The highest BCUT2D eigenvalue weighted by molar-refractivity contribution is 9.10. The van der Waals surface area contributed by atoms with Gasteiger partial charge in [0.25, 0.3) is 10.0 Å². The normalized spacial score (nSPS) is 11.9. The van der Waals surface area contributed by atoms with Crippen molar-refractivity contribution >= 4 is 55.1 Å². The molecule has 0 aliphatic carbocycles. The van der Waals surface area contributed by atoms with Crippen molar-refractivity contribution in [2.45, 2.75) is 37.8 Å². The van der Waals surface area contributed by atoms with Crippen molar-refractivity contribution < 1.29 is 18.0 Å². The predicted octanol–water partition coefficient (Wildman–Crippen LogP) is 6.30. The number of sulfonamides is 1. The molecule has 1 atom stereocenters. The maximum atomic E-state index is 14.3. The summed E-state index contributed by atoms with van der Waals surface area (Å²) in [6.07, 6.45) is 0.246. The monoisotopic (exact) mass is 681 g/mol. The van der Waals surface area contributed by atoms with Gasteiger partial charge in [-0.25, -0.2) is 8.42 Å². The first-order valence-corrected chi connectivity index (χ1v) is 16.3. The summed E-state index contributed by atoms with van der Waals surface area (Å²) in [5.74, 6) is -0.879. The van der Waals surface area contributed by atoms with Gasteiger partial charge in [-0.3, -0.25) is 13.9 Å². The van der Waals surface area contributed by atoms with Gasteiger partial charge in [0.1, 0.15) is 12.6 Å². The van der Waals surface area contributed by atoms with Crippen LogP contribution in [0.3, 0.4) is 0 Å². The lowest BCUT2D eigenvalue weighted by Gasteiger charge is -2.33. The zero-order chi connectivity index (χ0) is 31.1. The Bertz CT molecular complexity index is 1680. The van der Waals surface area contributed by atoms with E-state index in [1.165, 1.54) is 36.2 Å². The van der Waals surface area contributed by atoms with Gasteiger partial charge in [0.2, 0.25) is 11.8 Å². The van der Waals surface area contributed by atoms with Crippen molar-refractivity contribution in [2.24, 2.45) is 0 Å². The van der Waals surface area contributed by atoms with Crippen LogP contribution in [0.4, 0.5) is 5.69 Å². The van der Waals surface area contributed by atoms with Gasteiger partial charge in [-0.05, 0) is 84.6 Å². The quantitative estimate of drug-likeness (QED) is 0.201. The predicted molar refractivity (Wildman–Crippen MR) is 175 cm³/mol. The van der Waals surface area contributed by atoms with E-state index in [4.69, 9.17) is 11.6 Å². The largest absolute Gasteiger partial charge is 0.357 e. The molecule has 0 bridgehead atoms. The Hall–Kier alpha value is -3.66. The molecule has 7 nitrogen and oxygen atoms in total. The number of nitrogens with zero attached hydrogens (tertiary/aromatic N) is 2. The second kappa shape index (κ2) is 14.2. The maximum absolute atomic E-state index is 14.3. The van der Waals surface area contributed by atoms with E-state index in [9.17, 15) is 18.0 Å². The highest BCUT2D eigenvalue weighted by Gasteiger charge is 2.34. The number of hydrogen-bond donors (Lipinski definition) is 1. The molecule has 2 amide bonds. The van der Waals surface area contributed by atoms with Crippen molar-refractivity contribution in [3.05, 3.63) is 129 Å². The third kappa shape index (κ3) is 8.04. The lowest BCUT2D eigenvalue weighted by molar-refractivity contribution is -0.139. The molecule has 0 heterocycles. The molecule has 1 unspecified atom stereocenters. The summed E-state index contributed by atoms with van der Waals surface area (Å²) in [5, 5.41) is 3.08. The fourth-order valence-electron chi connectivity index (χ4n) is 4.65. The van der Waals surface area contributed by atoms with E-state index < -0.39 is 28.5 Å². The fraction of sp³-hybridized carbons (Fsp3) is 0.212. The minimum atomic E-state index is -4.20. The van der Waals surface area contributed by atoms with Gasteiger partial charge in [-0.2, -0.15) is 0 Å². The van der Waals surface area contributed by atoms with Crippen molar-refractivity contribution in [1.82, 2.24) is 10.2 Å². The van der Waals surface area contributed by atoms with E-state index in [0.717, 1.165) is 31.0 Å². The summed E-state index contributed by atoms with van der Waals surface area (Å²) >= 11 is 9.48. The molecule has 0 radical (unpaired) electrons. The number of rotatable bonds is 11. The summed E-state index contributed by atoms with van der Waals surface area (Å²) in [7, 11) is -2.67. The van der Waals surface area contributed by atoms with E-state index >= 15 is 0 Å². The molecule has 43 heavy (non-hydrogen) atoms. The third-order valence-corrected chi connectivity index (χ3v) is 9.81. The Kier molecular flexibility index (Phi) is 10.7. The van der Waals surface area contributed by atoms with Gasteiger partial charge in [0, 0.05) is 29.5 Å². The van der Waals surface area contributed by atoms with Crippen LogP contribution in [0.15, 0.2) is 106 Å². The standard InChI is InChI=1S/C33H33BrClN3O4S/c1-23-9-16-29(19-24(23)2)38(43(41,42)30-17-14-28(35)15-18-30)22-32(39)37(21-26-10-12-27(34)13-11-26)31(33(40)36-3)20-25-7-5-4-6-8-25/h4-19,31H,20-22H2,1-3H3,(H,36,40). The summed E-state index contributed by atoms with van der Waals surface area (Å²) in [4.78, 5) is 29.1. The maximum Gasteiger partial charge on any atom is 0.264 e. The molecule has 4 rings (SSSR count). The minimum Gasteiger partial charge on any atom is -0.357 e. The number of benzene rings is 4. The lowest BCUT2D eigenvalue weighted by atomic mass is 10.0. The molecule has 0 spiro atoms. The van der Waals surface area contributed by atoms with Crippen LogP contribution in [0.1, 0.15) is 22.3 Å². The van der Waals surface area contributed by atoms with Crippen LogP contribution < -0.4 is 9.62 Å². The summed E-state index contributed by atoms with van der Waals surface area (Å²) in [6, 6.07) is 27.0. The molecule has 0 aliphatic heterocycles. The van der Waals surface area contributed by atoms with Crippen molar-refractivity contribution in [3.8, 4) is 0 Å². The van der Waals surface area contributed by atoms with Crippen molar-refractivity contribution in [1.29, 1.82) is 0 Å². The van der Waals surface area contributed by atoms with E-state index in [2.05, 4.69) is 21.2 Å². The van der Waals surface area contributed by atoms with Crippen LogP contribution in [0.2, 0.25) is 5.02 Å². The van der Waals surface area contributed by atoms with Gasteiger partial charge >= 0.3 is 0 Å². The zero-order valence-electron chi connectivity index (χ0n) is 24.1. The number of halogens is 2. The second-order valence-electron chi connectivity index (χ2n) is 10.2. The molecular formula is C33H33BrClN3O4S. The number of likely N-dealkylation sites (N-methyl/N-ethyl adjacent to an activating group) is 1. The Morgan fingerprint density at radius 1 is 0.860 bits per heavy atom. The molecule has 10 heteroatoms. The molecule has 4 aromatic rings. The Balaban J connectivity index is 1.80. The number of anilines is 1. The molecular weight excluding hydrogens is 650 g/mol. The van der Waals surface area contributed by atoms with Gasteiger partial charge in [-0.1, -0.05) is 76.1 Å². The van der Waals surface area contributed by atoms with Crippen LogP contribution in [0, 0.1) is 13.8 Å². The third-order valence-electron chi connectivity index (χ3n) is 7.24. The van der Waals surface area contributed by atoms with Crippen molar-refractivity contribution in [3.63, 3.8) is 0 Å². The Labute approximate surface area is 266 Å². The average Bonchev–Trinajstić information content (AvgIpc) is 3.00. The van der Waals surface area contributed by atoms with Crippen LogP contribution >= 0.6 is 27.5 Å². The van der Waals surface area contributed by atoms with Crippen LogP contribution in [-0.2, 0) is 32.6 Å². The van der Waals surface area contributed by atoms with Gasteiger partial charge in [0.05, 0.1) is 10.6 Å². The molecule has 0 aromatic heterocycles. The van der Waals surface area contributed by atoms with Gasteiger partial charge in [-0.15, -0.1) is 0 Å². The van der Waals surface area contributed by atoms with E-state index in [-0.39, 0.29) is 23.8 Å². The molecule has 0 aliphatic rings. The Morgan fingerprint density at radius 3 is 2.12 bits per heavy atom. The highest BCUT2D eigenvalue weighted by Crippen LogP contribution is 2.28. The lowest BCUT2D eigenvalue weighted by Crippen LogP contribution is -2.53.